The van der Waals surface area contributed by atoms with Crippen LogP contribution in [0.5, 0.6) is 5.75 Å². The van der Waals surface area contributed by atoms with E-state index in [2.05, 4.69) is 21.4 Å². The molecule has 2 aliphatic rings. The summed E-state index contributed by atoms with van der Waals surface area (Å²) in [6.07, 6.45) is 5.38. The Kier molecular flexibility index (Phi) is 4.08. The highest BCUT2D eigenvalue weighted by Gasteiger charge is 2.60. The molecule has 5 nitrogen and oxygen atoms in total. The Bertz CT molecular complexity index is 1000. The van der Waals surface area contributed by atoms with Crippen LogP contribution in [0.1, 0.15) is 24.2 Å². The van der Waals surface area contributed by atoms with Gasteiger partial charge >= 0.3 is 0 Å². The van der Waals surface area contributed by atoms with Gasteiger partial charge in [-0.1, -0.05) is 48.5 Å². The quantitative estimate of drug-likeness (QED) is 0.762. The van der Waals surface area contributed by atoms with E-state index in [0.29, 0.717) is 19.0 Å². The van der Waals surface area contributed by atoms with Crippen molar-refractivity contribution in [3.8, 4) is 16.9 Å². The molecule has 0 unspecified atom stereocenters. The first kappa shape index (κ1) is 16.9. The zero-order valence-electron chi connectivity index (χ0n) is 15.5. The number of ether oxygens (including phenoxy) is 1. The smallest absolute Gasteiger partial charge is 0.224 e. The number of fused-ring (bicyclic) bond motifs is 2. The molecule has 2 aromatic carbocycles. The summed E-state index contributed by atoms with van der Waals surface area (Å²) in [5, 5.41) is 3.02. The summed E-state index contributed by atoms with van der Waals surface area (Å²) in [6, 6.07) is 18.1. The third-order valence-corrected chi connectivity index (χ3v) is 5.85. The first-order valence-electron chi connectivity index (χ1n) is 9.63. The molecule has 2 atom stereocenters. The highest BCUT2D eigenvalue weighted by atomic mass is 16.5. The molecule has 0 radical (unpaired) electrons. The van der Waals surface area contributed by atoms with Crippen LogP contribution in [0.2, 0.25) is 0 Å². The molecule has 1 aromatic heterocycles. The number of amides is 1. The highest BCUT2D eigenvalue weighted by Crippen LogP contribution is 2.60. The lowest BCUT2D eigenvalue weighted by atomic mass is 9.87. The largest absolute Gasteiger partial charge is 0.493 e. The number of hydrogen-bond acceptors (Lipinski definition) is 4. The average Bonchev–Trinajstić information content (AvgIpc) is 3.48. The molecule has 1 saturated carbocycles. The molecule has 3 aromatic rings. The minimum atomic E-state index is -0.0586. The minimum absolute atomic E-state index is 0.00106. The van der Waals surface area contributed by atoms with Crippen molar-refractivity contribution in [1.82, 2.24) is 15.3 Å². The van der Waals surface area contributed by atoms with Gasteiger partial charge in [0, 0.05) is 34.9 Å². The number of nitrogens with one attached hydrogen (secondary N) is 1. The molecule has 0 saturated heterocycles. The molecule has 2 heterocycles. The monoisotopic (exact) mass is 371 g/mol. The molecule has 1 aliphatic heterocycles. The van der Waals surface area contributed by atoms with Crippen LogP contribution in [0.4, 0.5) is 0 Å². The molecule has 5 rings (SSSR count). The number of carbonyl (C=O) groups excluding carboxylic acids is 1. The number of hydrogen-bond donors (Lipinski definition) is 1. The normalized spacial score (nSPS) is 22.2. The summed E-state index contributed by atoms with van der Waals surface area (Å²) in [7, 11) is 0. The zero-order chi connectivity index (χ0) is 19.0. The summed E-state index contributed by atoms with van der Waals surface area (Å²) in [4.78, 5) is 21.5. The lowest BCUT2D eigenvalue weighted by molar-refractivity contribution is -0.123. The van der Waals surface area contributed by atoms with E-state index in [1.807, 2.05) is 48.5 Å². The molecule has 0 bridgehead atoms. The fourth-order valence-electron chi connectivity index (χ4n) is 4.22. The van der Waals surface area contributed by atoms with Crippen molar-refractivity contribution >= 4 is 5.91 Å². The van der Waals surface area contributed by atoms with E-state index < -0.39 is 0 Å². The van der Waals surface area contributed by atoms with E-state index in [4.69, 9.17) is 4.74 Å². The van der Waals surface area contributed by atoms with Crippen molar-refractivity contribution in [1.29, 1.82) is 0 Å². The second-order valence-corrected chi connectivity index (χ2v) is 7.48. The molecule has 1 aliphatic carbocycles. The number of nitrogens with zero attached hydrogens (tertiary/aromatic N) is 2. The first-order chi connectivity index (χ1) is 13.8. The van der Waals surface area contributed by atoms with Crippen molar-refractivity contribution in [2.75, 3.05) is 6.61 Å². The maximum absolute atomic E-state index is 12.7. The summed E-state index contributed by atoms with van der Waals surface area (Å²) in [5.41, 5.74) is 3.16. The van der Waals surface area contributed by atoms with Crippen LogP contribution in [-0.4, -0.2) is 22.5 Å². The van der Waals surface area contributed by atoms with Gasteiger partial charge in [-0.05, 0) is 24.5 Å². The Morgan fingerprint density at radius 1 is 1.04 bits per heavy atom. The van der Waals surface area contributed by atoms with Crippen LogP contribution >= 0.6 is 0 Å². The van der Waals surface area contributed by atoms with E-state index in [9.17, 15) is 4.79 Å². The standard InChI is InChI=1S/C23H21N3O2/c27-22(19-12-23(19)10-11-28-20-9-5-4-8-18(20)23)26-15-21-24-13-17(14-25-21)16-6-2-1-3-7-16/h1-9,13-14,19H,10-12,15H2,(H,26,27)/t19-,23-/m0/s1. The van der Waals surface area contributed by atoms with Gasteiger partial charge in [-0.2, -0.15) is 0 Å². The van der Waals surface area contributed by atoms with Gasteiger partial charge in [0.2, 0.25) is 5.91 Å². The maximum atomic E-state index is 12.7. The van der Waals surface area contributed by atoms with Crippen LogP contribution in [0.15, 0.2) is 67.0 Å². The van der Waals surface area contributed by atoms with Crippen LogP contribution < -0.4 is 10.1 Å². The highest BCUT2D eigenvalue weighted by molar-refractivity contribution is 5.84. The SMILES string of the molecule is O=C(NCc1ncc(-c2ccccc2)cn1)[C@@H]1C[C@]12CCOc1ccccc12. The summed E-state index contributed by atoms with van der Waals surface area (Å²) in [5.74, 6) is 1.62. The van der Waals surface area contributed by atoms with Crippen molar-refractivity contribution in [2.24, 2.45) is 5.92 Å². The Morgan fingerprint density at radius 3 is 2.61 bits per heavy atom. The van der Waals surface area contributed by atoms with Crippen molar-refractivity contribution < 1.29 is 9.53 Å². The number of rotatable bonds is 4. The molecule has 5 heteroatoms. The second-order valence-electron chi connectivity index (χ2n) is 7.48. The number of para-hydroxylation sites is 1. The molecule has 1 amide bonds. The van der Waals surface area contributed by atoms with Gasteiger partial charge in [0.1, 0.15) is 11.6 Å². The van der Waals surface area contributed by atoms with E-state index >= 15 is 0 Å². The molecule has 28 heavy (non-hydrogen) atoms. The summed E-state index contributed by atoms with van der Waals surface area (Å²) in [6.45, 7) is 1.02. The average molecular weight is 371 g/mol. The van der Waals surface area contributed by atoms with Gasteiger partial charge in [-0.15, -0.1) is 0 Å². The Labute approximate surface area is 163 Å². The summed E-state index contributed by atoms with van der Waals surface area (Å²) >= 11 is 0. The van der Waals surface area contributed by atoms with E-state index in [1.165, 1.54) is 5.56 Å². The Hall–Kier alpha value is -3.21. The van der Waals surface area contributed by atoms with Crippen LogP contribution in [0, 0.1) is 5.92 Å². The van der Waals surface area contributed by atoms with Crippen LogP contribution in [0.3, 0.4) is 0 Å². The van der Waals surface area contributed by atoms with Gasteiger partial charge in [0.15, 0.2) is 0 Å². The second kappa shape index (κ2) is 6.75. The van der Waals surface area contributed by atoms with Crippen LogP contribution in [0.25, 0.3) is 11.1 Å². The van der Waals surface area contributed by atoms with E-state index in [-0.39, 0.29) is 17.2 Å². The van der Waals surface area contributed by atoms with E-state index in [1.54, 1.807) is 12.4 Å². The van der Waals surface area contributed by atoms with Crippen molar-refractivity contribution in [3.63, 3.8) is 0 Å². The number of benzene rings is 2. The number of carbonyl (C=O) groups is 1. The topological polar surface area (TPSA) is 64.1 Å². The van der Waals surface area contributed by atoms with Gasteiger partial charge in [0.05, 0.1) is 13.2 Å². The van der Waals surface area contributed by atoms with Gasteiger partial charge in [-0.25, -0.2) is 9.97 Å². The molecule has 1 N–H and O–H groups in total. The molecular formula is C23H21N3O2. The van der Waals surface area contributed by atoms with Crippen molar-refractivity contribution in [2.45, 2.75) is 24.8 Å². The van der Waals surface area contributed by atoms with Crippen molar-refractivity contribution in [3.05, 3.63) is 78.4 Å². The number of aromatic nitrogens is 2. The predicted molar refractivity (Wildman–Crippen MR) is 106 cm³/mol. The Balaban J connectivity index is 1.23. The predicted octanol–water partition coefficient (Wildman–Crippen LogP) is 3.50. The zero-order valence-corrected chi connectivity index (χ0v) is 15.5. The lowest BCUT2D eigenvalue weighted by Gasteiger charge is -2.26. The molecule has 1 fully saturated rings. The van der Waals surface area contributed by atoms with E-state index in [0.717, 1.165) is 29.7 Å². The van der Waals surface area contributed by atoms with Crippen LogP contribution in [-0.2, 0) is 16.8 Å². The molecule has 140 valence electrons. The first-order valence-corrected chi connectivity index (χ1v) is 9.63. The maximum Gasteiger partial charge on any atom is 0.224 e. The molecular weight excluding hydrogens is 350 g/mol. The van der Waals surface area contributed by atoms with Gasteiger partial charge in [-0.3, -0.25) is 4.79 Å². The lowest BCUT2D eigenvalue weighted by Crippen LogP contribution is -2.31. The third-order valence-electron chi connectivity index (χ3n) is 5.85. The fourth-order valence-corrected chi connectivity index (χ4v) is 4.22. The van der Waals surface area contributed by atoms with Gasteiger partial charge < -0.3 is 10.1 Å². The van der Waals surface area contributed by atoms with Gasteiger partial charge in [0.25, 0.3) is 0 Å². The minimum Gasteiger partial charge on any atom is -0.493 e. The third kappa shape index (κ3) is 2.93. The summed E-state index contributed by atoms with van der Waals surface area (Å²) < 4.78 is 5.75. The Morgan fingerprint density at radius 2 is 1.79 bits per heavy atom. The molecule has 1 spiro atoms. The fraction of sp³-hybridized carbons (Fsp3) is 0.261.